The van der Waals surface area contributed by atoms with Crippen LogP contribution in [0, 0.1) is 20.3 Å². The van der Waals surface area contributed by atoms with Gasteiger partial charge in [-0.25, -0.2) is 8.42 Å². The fourth-order valence-electron chi connectivity index (χ4n) is 8.27. The van der Waals surface area contributed by atoms with Crippen molar-refractivity contribution in [1.29, 1.82) is 0 Å². The van der Waals surface area contributed by atoms with Crippen LogP contribution in [0.5, 0.6) is 23.0 Å². The molecule has 14 heteroatoms. The van der Waals surface area contributed by atoms with Crippen molar-refractivity contribution < 1.29 is 101 Å². The van der Waals surface area contributed by atoms with Crippen LogP contribution in [-0.2, 0) is 23.0 Å². The van der Waals surface area contributed by atoms with E-state index in [0.29, 0.717) is 64.7 Å². The van der Waals surface area contributed by atoms with Crippen molar-refractivity contribution in [3.8, 4) is 23.0 Å². The number of carbonyl (C=O) groups excluding carboxylic acids is 2. The minimum Gasteiger partial charge on any atom is -0.748 e. The fraction of sp³-hybridized carbons (Fsp3) is 0.311. The molecular formula is C45H44N2Na2O9S. The molecule has 0 saturated carbocycles. The molecule has 4 aliphatic rings. The van der Waals surface area contributed by atoms with E-state index in [2.05, 4.69) is 37.6 Å². The van der Waals surface area contributed by atoms with Crippen LogP contribution in [0.1, 0.15) is 73.4 Å². The Balaban J connectivity index is 0.00000293. The van der Waals surface area contributed by atoms with E-state index in [4.69, 9.17) is 18.9 Å². The minimum absolute atomic E-state index is 0. The molecule has 59 heavy (non-hydrogen) atoms. The average Bonchev–Trinajstić information content (AvgIpc) is 3.79. The van der Waals surface area contributed by atoms with E-state index in [-0.39, 0.29) is 96.4 Å². The summed E-state index contributed by atoms with van der Waals surface area (Å²) in [6.07, 6.45) is 7.78. The molecule has 0 fully saturated rings. The summed E-state index contributed by atoms with van der Waals surface area (Å²) in [6.45, 7) is 4.45. The maximum Gasteiger partial charge on any atom is 1.00 e. The number of rotatable bonds is 11. The minimum atomic E-state index is -4.78. The second-order valence-corrected chi connectivity index (χ2v) is 16.6. The SMILES string of the molecule is COc1ccc(C2=CN3C(=O)c4cc(C)c(OCCCOc5cc6c(cc5OC)C(=O)N5C=C(c7ccc(C)cc7)C[C@H]5[CH-]C6)cc4CC(S(=O)(=O)[O-])[C@@H]3C2)cc1.[Na+].[Na+]. The van der Waals surface area contributed by atoms with Crippen molar-refractivity contribution in [2.45, 2.75) is 63.3 Å². The molecule has 4 heterocycles. The van der Waals surface area contributed by atoms with Gasteiger partial charge in [-0.1, -0.05) is 53.6 Å². The number of carbonyl (C=O) groups is 2. The molecule has 0 aliphatic carbocycles. The zero-order valence-corrected chi connectivity index (χ0v) is 39.1. The number of methoxy groups -OCH3 is 2. The maximum atomic E-state index is 13.9. The number of aryl methyl sites for hydroxylation is 2. The first-order valence-electron chi connectivity index (χ1n) is 19.1. The summed E-state index contributed by atoms with van der Waals surface area (Å²) in [6, 6.07) is 21.8. The van der Waals surface area contributed by atoms with Gasteiger partial charge in [0.1, 0.15) is 11.5 Å². The van der Waals surface area contributed by atoms with Gasteiger partial charge in [-0.2, -0.15) is 6.42 Å². The quantitative estimate of drug-likeness (QED) is 0.0937. The molecule has 296 valence electrons. The molecule has 0 aromatic heterocycles. The van der Waals surface area contributed by atoms with Crippen molar-refractivity contribution in [3.05, 3.63) is 136 Å². The summed E-state index contributed by atoms with van der Waals surface area (Å²) in [5, 5.41) is -1.34. The predicted octanol–water partition coefficient (Wildman–Crippen LogP) is 0.918. The molecule has 3 atom stereocenters. The Bertz CT molecular complexity index is 2420. The van der Waals surface area contributed by atoms with E-state index in [0.717, 1.165) is 34.3 Å². The Morgan fingerprint density at radius 1 is 0.712 bits per heavy atom. The number of nitrogens with zero attached hydrogens (tertiary/aromatic N) is 2. The standard InChI is InChI=1S/C45H45N2O9S.2Na/c1-27-6-8-29(9-7-27)33-19-35-13-10-31-21-42(41(54-4)24-38(31)44(48)46(35)25-33)56-17-5-16-55-40-22-32-23-43(57(50,51)52)39-20-34(30-11-14-36(53-3)15-12-30)26-47(39)45(49)37(32)18-28(40)2;;/h6-9,11-15,18,21-22,24-26,35,39,43H,5,10,16-17,19-20,23H2,1-4H3,(H,50,51,52);;/q-1;2*+1/p-1/t35-,39+,43?;;/m1../s1. The van der Waals surface area contributed by atoms with Gasteiger partial charge in [0, 0.05) is 29.9 Å². The first-order valence-corrected chi connectivity index (χ1v) is 20.5. The number of fused-ring (bicyclic) bond motifs is 4. The summed E-state index contributed by atoms with van der Waals surface area (Å²) >= 11 is 0. The number of amides is 2. The van der Waals surface area contributed by atoms with E-state index in [1.54, 1.807) is 50.8 Å². The molecular weight excluding hydrogens is 791 g/mol. The summed E-state index contributed by atoms with van der Waals surface area (Å²) in [7, 11) is -1.66. The van der Waals surface area contributed by atoms with Crippen molar-refractivity contribution >= 4 is 33.1 Å². The summed E-state index contributed by atoms with van der Waals surface area (Å²) in [5.74, 6) is 1.74. The summed E-state index contributed by atoms with van der Waals surface area (Å²) in [5.41, 5.74) is 8.00. The van der Waals surface area contributed by atoms with E-state index >= 15 is 0 Å². The molecule has 0 N–H and O–H groups in total. The number of benzene rings is 4. The van der Waals surface area contributed by atoms with E-state index in [1.807, 2.05) is 36.2 Å². The molecule has 0 spiro atoms. The topological polar surface area (TPSA) is 135 Å². The van der Waals surface area contributed by atoms with Crippen LogP contribution < -0.4 is 78.1 Å². The molecule has 8 rings (SSSR count). The van der Waals surface area contributed by atoms with Crippen molar-refractivity contribution in [3.63, 3.8) is 0 Å². The second-order valence-electron chi connectivity index (χ2n) is 15.0. The Morgan fingerprint density at radius 3 is 1.97 bits per heavy atom. The van der Waals surface area contributed by atoms with Gasteiger partial charge in [0.15, 0.2) is 11.5 Å². The molecule has 2 amide bonds. The summed E-state index contributed by atoms with van der Waals surface area (Å²) < 4.78 is 61.3. The van der Waals surface area contributed by atoms with Crippen molar-refractivity contribution in [2.75, 3.05) is 27.4 Å². The van der Waals surface area contributed by atoms with Crippen LogP contribution in [0.25, 0.3) is 11.1 Å². The van der Waals surface area contributed by atoms with Gasteiger partial charge >= 0.3 is 59.1 Å². The molecule has 1 unspecified atom stereocenters. The predicted molar refractivity (Wildman–Crippen MR) is 214 cm³/mol. The normalized spacial score (nSPS) is 19.4. The van der Waals surface area contributed by atoms with Crippen LogP contribution in [-0.4, -0.2) is 79.4 Å². The monoisotopic (exact) mass is 834 g/mol. The van der Waals surface area contributed by atoms with Gasteiger partial charge in [0.25, 0.3) is 11.8 Å². The maximum absolute atomic E-state index is 13.9. The number of hydrogen-bond donors (Lipinski definition) is 0. The van der Waals surface area contributed by atoms with Crippen LogP contribution in [0.15, 0.2) is 85.2 Å². The average molecular weight is 835 g/mol. The van der Waals surface area contributed by atoms with Crippen molar-refractivity contribution in [1.82, 2.24) is 9.80 Å². The van der Waals surface area contributed by atoms with Gasteiger partial charge in [-0.3, -0.25) is 9.59 Å². The summed E-state index contributed by atoms with van der Waals surface area (Å²) in [4.78, 5) is 31.0. The van der Waals surface area contributed by atoms with Crippen molar-refractivity contribution in [2.24, 2.45) is 0 Å². The molecule has 0 bridgehead atoms. The molecule has 4 aromatic rings. The van der Waals surface area contributed by atoms with E-state index < -0.39 is 21.4 Å². The second kappa shape index (κ2) is 18.6. The molecule has 4 aliphatic heterocycles. The smallest absolute Gasteiger partial charge is 0.748 e. The van der Waals surface area contributed by atoms with Crippen LogP contribution in [0.4, 0.5) is 0 Å². The van der Waals surface area contributed by atoms with E-state index in [1.165, 1.54) is 10.5 Å². The Kier molecular flexibility index (Phi) is 14.2. The first-order chi connectivity index (χ1) is 27.4. The first kappa shape index (κ1) is 44.9. The zero-order valence-electron chi connectivity index (χ0n) is 34.3. The fourth-order valence-corrected chi connectivity index (χ4v) is 9.27. The van der Waals surface area contributed by atoms with Gasteiger partial charge < -0.3 is 39.7 Å². The van der Waals surface area contributed by atoms with Crippen LogP contribution >= 0.6 is 0 Å². The third kappa shape index (κ3) is 9.21. The number of hydrogen-bond acceptors (Lipinski definition) is 9. The van der Waals surface area contributed by atoms with Gasteiger partial charge in [0.05, 0.1) is 48.8 Å². The van der Waals surface area contributed by atoms with Gasteiger partial charge in [0.2, 0.25) is 0 Å². The third-order valence-electron chi connectivity index (χ3n) is 11.4. The number of ether oxygens (including phenoxy) is 4. The van der Waals surface area contributed by atoms with Gasteiger partial charge in [-0.05, 0) is 103 Å². The largest absolute Gasteiger partial charge is 1.00 e. The molecule has 0 saturated heterocycles. The van der Waals surface area contributed by atoms with Gasteiger partial charge in [-0.15, -0.1) is 0 Å². The zero-order chi connectivity index (χ0) is 40.0. The Labute approximate surface area is 390 Å². The molecule has 0 radical (unpaired) electrons. The van der Waals surface area contributed by atoms with Crippen LogP contribution in [0.2, 0.25) is 0 Å². The third-order valence-corrected chi connectivity index (χ3v) is 12.6. The Morgan fingerprint density at radius 2 is 1.31 bits per heavy atom. The molecule has 4 aromatic carbocycles. The Hall–Kier alpha value is -3.59. The molecule has 11 nitrogen and oxygen atoms in total. The van der Waals surface area contributed by atoms with Crippen LogP contribution in [0.3, 0.4) is 0 Å². The van der Waals surface area contributed by atoms with E-state index in [9.17, 15) is 22.6 Å².